The first-order chi connectivity index (χ1) is 11.3. The van der Waals surface area contributed by atoms with Gasteiger partial charge in [0.2, 0.25) is 0 Å². The maximum Gasteiger partial charge on any atom is -0.00699 e. The second-order valence-corrected chi connectivity index (χ2v) is 5.89. The molecule has 2 aliphatic carbocycles. The Morgan fingerprint density at radius 3 is 1.65 bits per heavy atom. The molecule has 2 aromatic carbocycles. The maximum atomic E-state index is 2.25. The van der Waals surface area contributed by atoms with Crippen molar-refractivity contribution in [3.05, 3.63) is 96.6 Å². The molecule has 0 radical (unpaired) electrons. The van der Waals surface area contributed by atoms with Crippen LogP contribution in [0.2, 0.25) is 0 Å². The Hall–Kier alpha value is -2.86. The lowest BCUT2D eigenvalue weighted by Gasteiger charge is -2.10. The molecule has 0 unspecified atom stereocenters. The number of aryl methyl sites for hydroxylation is 1. The van der Waals surface area contributed by atoms with Crippen LogP contribution in [0.3, 0.4) is 0 Å². The summed E-state index contributed by atoms with van der Waals surface area (Å²) < 4.78 is 0. The van der Waals surface area contributed by atoms with Gasteiger partial charge in [0.05, 0.1) is 0 Å². The van der Waals surface area contributed by atoms with Crippen molar-refractivity contribution in [2.45, 2.75) is 6.92 Å². The van der Waals surface area contributed by atoms with Crippen LogP contribution in [-0.2, 0) is 0 Å². The molecule has 2 aromatic rings. The molecular weight excluding hydrogens is 276 g/mol. The summed E-state index contributed by atoms with van der Waals surface area (Å²) in [6.07, 6.45) is 0. The first kappa shape index (κ1) is 13.8. The third kappa shape index (κ3) is 2.43. The van der Waals surface area contributed by atoms with Crippen molar-refractivity contribution in [1.82, 2.24) is 0 Å². The number of rotatable bonds is 2. The quantitative estimate of drug-likeness (QED) is 0.399. The number of fused-ring (bicyclic) bond motifs is 1. The molecule has 0 heteroatoms. The molecule has 0 nitrogen and oxygen atoms in total. The fourth-order valence-corrected chi connectivity index (χ4v) is 3.31. The SMILES string of the molecule is Cc1ccc2c(-c3ccccc3)cccc(-c3ccccc3)c1-2. The van der Waals surface area contributed by atoms with Crippen molar-refractivity contribution in [2.24, 2.45) is 0 Å². The normalized spacial score (nSPS) is 10.8. The Bertz CT molecular complexity index is 905. The second-order valence-electron chi connectivity index (χ2n) is 5.89. The lowest BCUT2D eigenvalue weighted by Crippen LogP contribution is -1.84. The van der Waals surface area contributed by atoms with E-state index in [0.29, 0.717) is 0 Å². The average molecular weight is 294 g/mol. The van der Waals surface area contributed by atoms with Gasteiger partial charge in [-0.3, -0.25) is 0 Å². The van der Waals surface area contributed by atoms with E-state index in [9.17, 15) is 0 Å². The Labute approximate surface area is 137 Å². The van der Waals surface area contributed by atoms with Gasteiger partial charge in [0.15, 0.2) is 0 Å². The summed E-state index contributed by atoms with van der Waals surface area (Å²) in [5.74, 6) is 0. The fraction of sp³-hybridized carbons (Fsp3) is 0.0435. The van der Waals surface area contributed by atoms with Crippen LogP contribution in [0.4, 0.5) is 0 Å². The number of hydrogen-bond donors (Lipinski definition) is 0. The van der Waals surface area contributed by atoms with E-state index in [4.69, 9.17) is 0 Å². The van der Waals surface area contributed by atoms with E-state index >= 15 is 0 Å². The highest BCUT2D eigenvalue weighted by molar-refractivity contribution is 5.94. The van der Waals surface area contributed by atoms with Gasteiger partial charge in [-0.25, -0.2) is 0 Å². The molecule has 0 saturated heterocycles. The van der Waals surface area contributed by atoms with Crippen LogP contribution in [-0.4, -0.2) is 0 Å². The van der Waals surface area contributed by atoms with Gasteiger partial charge in [-0.1, -0.05) is 91.0 Å². The lowest BCUT2D eigenvalue weighted by molar-refractivity contribution is 1.53. The predicted octanol–water partition coefficient (Wildman–Crippen LogP) is 6.43. The van der Waals surface area contributed by atoms with Gasteiger partial charge in [-0.2, -0.15) is 0 Å². The molecule has 4 rings (SSSR count). The van der Waals surface area contributed by atoms with Crippen LogP contribution in [0.25, 0.3) is 33.4 Å². The van der Waals surface area contributed by atoms with Crippen LogP contribution in [0.1, 0.15) is 5.56 Å². The van der Waals surface area contributed by atoms with Crippen LogP contribution < -0.4 is 0 Å². The van der Waals surface area contributed by atoms with E-state index in [-0.39, 0.29) is 0 Å². The van der Waals surface area contributed by atoms with Gasteiger partial charge in [-0.15, -0.1) is 0 Å². The molecule has 0 saturated carbocycles. The summed E-state index contributed by atoms with van der Waals surface area (Å²) in [5, 5.41) is 0. The highest BCUT2D eigenvalue weighted by atomic mass is 14.2. The molecule has 0 aliphatic heterocycles. The minimum Gasteiger partial charge on any atom is -0.0622 e. The average Bonchev–Trinajstić information content (AvgIpc) is 2.87. The summed E-state index contributed by atoms with van der Waals surface area (Å²) in [6, 6.07) is 32.4. The molecule has 110 valence electrons. The molecule has 0 bridgehead atoms. The summed E-state index contributed by atoms with van der Waals surface area (Å²) in [7, 11) is 0. The molecular formula is C23H18. The fourth-order valence-electron chi connectivity index (χ4n) is 3.31. The number of benzene rings is 2. The Morgan fingerprint density at radius 1 is 0.435 bits per heavy atom. The van der Waals surface area contributed by atoms with Crippen LogP contribution in [0.15, 0.2) is 91.0 Å². The van der Waals surface area contributed by atoms with E-state index in [0.717, 1.165) is 0 Å². The Morgan fingerprint density at radius 2 is 1.00 bits per heavy atom. The highest BCUT2D eigenvalue weighted by Crippen LogP contribution is 2.41. The smallest absolute Gasteiger partial charge is 0.00699 e. The van der Waals surface area contributed by atoms with Crippen LogP contribution in [0, 0.1) is 6.92 Å². The van der Waals surface area contributed by atoms with Gasteiger partial charge < -0.3 is 0 Å². The minimum atomic E-state index is 1.26. The Kier molecular flexibility index (Phi) is 3.44. The molecule has 0 spiro atoms. The Balaban J connectivity index is 1.99. The zero-order chi connectivity index (χ0) is 15.6. The van der Waals surface area contributed by atoms with Crippen molar-refractivity contribution in [3.8, 4) is 33.4 Å². The maximum absolute atomic E-state index is 2.25. The van der Waals surface area contributed by atoms with Crippen molar-refractivity contribution < 1.29 is 0 Å². The largest absolute Gasteiger partial charge is 0.0622 e. The van der Waals surface area contributed by atoms with Gasteiger partial charge >= 0.3 is 0 Å². The monoisotopic (exact) mass is 294 g/mol. The van der Waals surface area contributed by atoms with E-state index < -0.39 is 0 Å². The molecule has 0 heterocycles. The topological polar surface area (TPSA) is 0 Å². The molecule has 0 aromatic heterocycles. The van der Waals surface area contributed by atoms with Crippen molar-refractivity contribution in [3.63, 3.8) is 0 Å². The second kappa shape index (κ2) is 5.73. The summed E-state index contributed by atoms with van der Waals surface area (Å²) in [6.45, 7) is 2.20. The van der Waals surface area contributed by atoms with Crippen molar-refractivity contribution in [1.29, 1.82) is 0 Å². The summed E-state index contributed by atoms with van der Waals surface area (Å²) in [4.78, 5) is 0. The molecule has 0 N–H and O–H groups in total. The third-order valence-corrected chi connectivity index (χ3v) is 4.42. The minimum absolute atomic E-state index is 1.26. The van der Waals surface area contributed by atoms with E-state index in [1.165, 1.54) is 38.9 Å². The molecule has 23 heavy (non-hydrogen) atoms. The zero-order valence-electron chi connectivity index (χ0n) is 13.2. The number of hydrogen-bond acceptors (Lipinski definition) is 0. The van der Waals surface area contributed by atoms with Crippen LogP contribution >= 0.6 is 0 Å². The zero-order valence-corrected chi connectivity index (χ0v) is 13.2. The predicted molar refractivity (Wildman–Crippen MR) is 98.7 cm³/mol. The first-order valence-corrected chi connectivity index (χ1v) is 7.98. The van der Waals surface area contributed by atoms with Crippen LogP contribution in [0.5, 0.6) is 0 Å². The van der Waals surface area contributed by atoms with Gasteiger partial charge in [0, 0.05) is 0 Å². The van der Waals surface area contributed by atoms with Gasteiger partial charge in [-0.05, 0) is 45.9 Å². The van der Waals surface area contributed by atoms with E-state index in [1.807, 2.05) is 0 Å². The van der Waals surface area contributed by atoms with Gasteiger partial charge in [0.1, 0.15) is 0 Å². The lowest BCUT2D eigenvalue weighted by atomic mass is 9.94. The van der Waals surface area contributed by atoms with Crippen molar-refractivity contribution >= 4 is 0 Å². The van der Waals surface area contributed by atoms with Gasteiger partial charge in [0.25, 0.3) is 0 Å². The van der Waals surface area contributed by atoms with E-state index in [1.54, 1.807) is 0 Å². The standard InChI is InChI=1S/C23H18/c1-17-15-16-22-20(18-9-4-2-5-10-18)13-8-14-21(23(17)22)19-11-6-3-7-12-19/h2-16H,1H3. The third-order valence-electron chi connectivity index (χ3n) is 4.42. The molecule has 0 fully saturated rings. The summed E-state index contributed by atoms with van der Waals surface area (Å²) >= 11 is 0. The molecule has 0 amide bonds. The van der Waals surface area contributed by atoms with Crippen molar-refractivity contribution in [2.75, 3.05) is 0 Å². The highest BCUT2D eigenvalue weighted by Gasteiger charge is 2.16. The molecule has 2 aliphatic rings. The molecule has 0 atom stereocenters. The first-order valence-electron chi connectivity index (χ1n) is 7.98. The van der Waals surface area contributed by atoms with E-state index in [2.05, 4.69) is 97.9 Å². The summed E-state index contributed by atoms with van der Waals surface area (Å²) in [5.41, 5.74) is 9.10.